The highest BCUT2D eigenvalue weighted by Crippen LogP contribution is 2.33. The van der Waals surface area contributed by atoms with E-state index in [-0.39, 0.29) is 23.8 Å². The Morgan fingerprint density at radius 1 is 1.26 bits per heavy atom. The molecular weight excluding hydrogens is 437 g/mol. The van der Waals surface area contributed by atoms with E-state index in [1.165, 1.54) is 23.5 Å². The van der Waals surface area contributed by atoms with Crippen LogP contribution in [-0.4, -0.2) is 44.4 Å². The summed E-state index contributed by atoms with van der Waals surface area (Å²) in [6.07, 6.45) is 5.96. The van der Waals surface area contributed by atoms with Crippen LogP contribution in [0.4, 0.5) is 10.3 Å². The van der Waals surface area contributed by atoms with Gasteiger partial charge in [0.05, 0.1) is 28.1 Å². The van der Waals surface area contributed by atoms with Crippen LogP contribution in [0, 0.1) is 12.7 Å². The molecule has 1 aliphatic heterocycles. The lowest BCUT2D eigenvalue weighted by Crippen LogP contribution is -2.51. The van der Waals surface area contributed by atoms with E-state index >= 15 is 0 Å². The summed E-state index contributed by atoms with van der Waals surface area (Å²) in [5.74, 6) is 0.125. The second-order valence-corrected chi connectivity index (χ2v) is 9.31. The molecule has 6 nitrogen and oxygen atoms in total. The van der Waals surface area contributed by atoms with Crippen LogP contribution < -0.4 is 5.32 Å². The summed E-state index contributed by atoms with van der Waals surface area (Å²) in [5.41, 5.74) is 1.35. The Morgan fingerprint density at radius 3 is 2.68 bits per heavy atom. The zero-order valence-corrected chi connectivity index (χ0v) is 18.9. The molecule has 162 valence electrons. The number of carbonyl (C=O) groups excluding carboxylic acids is 1. The van der Waals surface area contributed by atoms with Crippen LogP contribution in [-0.2, 0) is 0 Å². The van der Waals surface area contributed by atoms with Gasteiger partial charge in [0.15, 0.2) is 0 Å². The van der Waals surface area contributed by atoms with E-state index in [0.717, 1.165) is 29.8 Å². The van der Waals surface area contributed by atoms with Gasteiger partial charge in [-0.1, -0.05) is 11.6 Å². The predicted molar refractivity (Wildman–Crippen MR) is 121 cm³/mol. The molecule has 3 heterocycles. The largest absolute Gasteiger partial charge is 0.352 e. The fourth-order valence-corrected chi connectivity index (χ4v) is 4.94. The van der Waals surface area contributed by atoms with Gasteiger partial charge in [0.2, 0.25) is 5.95 Å². The molecule has 2 unspecified atom stereocenters. The van der Waals surface area contributed by atoms with Gasteiger partial charge in [-0.3, -0.25) is 4.79 Å². The van der Waals surface area contributed by atoms with Crippen LogP contribution in [0.25, 0.3) is 11.3 Å². The lowest BCUT2D eigenvalue weighted by atomic mass is 9.95. The number of aryl methyl sites for hydroxylation is 1. The smallest absolute Gasteiger partial charge is 0.266 e. The first-order valence-electron chi connectivity index (χ1n) is 10.2. The fraction of sp³-hybridized carbons (Fsp3) is 0.364. The van der Waals surface area contributed by atoms with E-state index in [4.69, 9.17) is 11.6 Å². The first-order valence-corrected chi connectivity index (χ1v) is 11.4. The van der Waals surface area contributed by atoms with Gasteiger partial charge >= 0.3 is 0 Å². The van der Waals surface area contributed by atoms with E-state index < -0.39 is 0 Å². The number of amides is 1. The number of aromatic nitrogens is 3. The molecule has 1 amide bonds. The minimum Gasteiger partial charge on any atom is -0.352 e. The Bertz CT molecular complexity index is 1060. The van der Waals surface area contributed by atoms with Crippen molar-refractivity contribution in [1.82, 2.24) is 19.9 Å². The molecule has 1 fully saturated rings. The maximum Gasteiger partial charge on any atom is 0.266 e. The number of hydrogen-bond donors (Lipinski definition) is 1. The number of nitrogens with one attached hydrogen (secondary N) is 1. The zero-order valence-electron chi connectivity index (χ0n) is 17.3. The monoisotopic (exact) mass is 459 g/mol. The molecule has 3 aromatic rings. The topological polar surface area (TPSA) is 71.0 Å². The van der Waals surface area contributed by atoms with Gasteiger partial charge in [0.1, 0.15) is 10.7 Å². The van der Waals surface area contributed by atoms with Gasteiger partial charge in [-0.25, -0.2) is 19.3 Å². The standard InChI is InChI=1S/C22H23ClFN5OS/c1-13-4-3-5-18(12-27-22-25-10-16(23)11-26-22)29(13)21(30)20-19(28-14(2)31-20)15-6-8-17(24)9-7-15/h6-11,13,18H,3-5,12H2,1-2H3,(H,25,26,27). The predicted octanol–water partition coefficient (Wildman–Crippen LogP) is 5.20. The highest BCUT2D eigenvalue weighted by atomic mass is 35.5. The van der Waals surface area contributed by atoms with Crippen LogP contribution in [0.15, 0.2) is 36.7 Å². The van der Waals surface area contributed by atoms with Crippen LogP contribution >= 0.6 is 22.9 Å². The second-order valence-electron chi connectivity index (χ2n) is 7.67. The molecule has 1 N–H and O–H groups in total. The molecule has 0 saturated carbocycles. The molecule has 2 atom stereocenters. The second kappa shape index (κ2) is 9.28. The van der Waals surface area contributed by atoms with Crippen LogP contribution in [0.2, 0.25) is 5.02 Å². The summed E-state index contributed by atoms with van der Waals surface area (Å²) >= 11 is 7.24. The van der Waals surface area contributed by atoms with Crippen molar-refractivity contribution >= 4 is 34.8 Å². The third-order valence-electron chi connectivity index (χ3n) is 5.42. The van der Waals surface area contributed by atoms with Crippen LogP contribution in [0.5, 0.6) is 0 Å². The third-order valence-corrected chi connectivity index (χ3v) is 6.58. The molecule has 1 aliphatic rings. The van der Waals surface area contributed by atoms with Crippen LogP contribution in [0.3, 0.4) is 0 Å². The number of nitrogens with zero attached hydrogens (tertiary/aromatic N) is 4. The van der Waals surface area contributed by atoms with Gasteiger partial charge in [-0.05, 0) is 57.4 Å². The number of hydrogen-bond acceptors (Lipinski definition) is 6. The minimum atomic E-state index is -0.316. The molecule has 0 bridgehead atoms. The van der Waals surface area contributed by atoms with Crippen molar-refractivity contribution in [3.63, 3.8) is 0 Å². The number of anilines is 1. The Morgan fingerprint density at radius 2 is 1.97 bits per heavy atom. The average Bonchev–Trinajstić information content (AvgIpc) is 3.15. The van der Waals surface area contributed by atoms with E-state index in [1.807, 2.05) is 11.8 Å². The molecule has 1 saturated heterocycles. The molecular formula is C22H23ClFN5OS. The maximum absolute atomic E-state index is 13.7. The summed E-state index contributed by atoms with van der Waals surface area (Å²) in [5, 5.41) is 4.50. The Hall–Kier alpha value is -2.58. The molecule has 0 aliphatic carbocycles. The number of thiazole rings is 1. The summed E-state index contributed by atoms with van der Waals surface area (Å²) in [6, 6.07) is 6.21. The Balaban J connectivity index is 1.59. The first-order chi connectivity index (χ1) is 14.9. The number of benzene rings is 1. The normalized spacial score (nSPS) is 18.8. The first kappa shape index (κ1) is 21.6. The van der Waals surface area contributed by atoms with Gasteiger partial charge < -0.3 is 10.2 Å². The fourth-order valence-electron chi connectivity index (χ4n) is 3.96. The van der Waals surface area contributed by atoms with Crippen molar-refractivity contribution in [2.45, 2.75) is 45.2 Å². The average molecular weight is 460 g/mol. The van der Waals surface area contributed by atoms with Crippen molar-refractivity contribution in [3.05, 3.63) is 57.4 Å². The minimum absolute atomic E-state index is 0.000924. The van der Waals surface area contributed by atoms with E-state index in [0.29, 0.717) is 28.1 Å². The number of likely N-dealkylation sites (tertiary alicyclic amines) is 1. The summed E-state index contributed by atoms with van der Waals surface area (Å²) < 4.78 is 13.4. The van der Waals surface area contributed by atoms with E-state index in [2.05, 4.69) is 27.2 Å². The highest BCUT2D eigenvalue weighted by Gasteiger charge is 2.34. The van der Waals surface area contributed by atoms with Crippen molar-refractivity contribution < 1.29 is 9.18 Å². The lowest BCUT2D eigenvalue weighted by Gasteiger charge is -2.40. The summed E-state index contributed by atoms with van der Waals surface area (Å²) in [6.45, 7) is 4.50. The van der Waals surface area contributed by atoms with Gasteiger partial charge in [0, 0.05) is 24.2 Å². The zero-order chi connectivity index (χ0) is 22.0. The molecule has 9 heteroatoms. The van der Waals surface area contributed by atoms with Gasteiger partial charge in [-0.2, -0.15) is 0 Å². The molecule has 0 radical (unpaired) electrons. The molecule has 0 spiro atoms. The molecule has 4 rings (SSSR count). The third kappa shape index (κ3) is 4.85. The Kier molecular flexibility index (Phi) is 6.48. The number of halogens is 2. The molecule has 31 heavy (non-hydrogen) atoms. The lowest BCUT2D eigenvalue weighted by molar-refractivity contribution is 0.0506. The van der Waals surface area contributed by atoms with Gasteiger partial charge in [0.25, 0.3) is 5.91 Å². The van der Waals surface area contributed by atoms with Crippen molar-refractivity contribution in [2.24, 2.45) is 0 Å². The number of rotatable bonds is 5. The Labute approximate surface area is 189 Å². The number of carbonyl (C=O) groups is 1. The molecule has 1 aromatic carbocycles. The summed E-state index contributed by atoms with van der Waals surface area (Å²) in [4.78, 5) is 29.2. The van der Waals surface area contributed by atoms with Crippen molar-refractivity contribution in [2.75, 3.05) is 11.9 Å². The number of piperidine rings is 1. The van der Waals surface area contributed by atoms with Crippen LogP contribution in [0.1, 0.15) is 40.9 Å². The SMILES string of the molecule is Cc1nc(-c2ccc(F)cc2)c(C(=O)N2C(C)CCCC2CNc2ncc(Cl)cn2)s1. The summed E-state index contributed by atoms with van der Waals surface area (Å²) in [7, 11) is 0. The quantitative estimate of drug-likeness (QED) is 0.568. The molecule has 2 aromatic heterocycles. The van der Waals surface area contributed by atoms with Crippen molar-refractivity contribution in [3.8, 4) is 11.3 Å². The maximum atomic E-state index is 13.7. The van der Waals surface area contributed by atoms with E-state index in [1.54, 1.807) is 24.5 Å². The van der Waals surface area contributed by atoms with Gasteiger partial charge in [-0.15, -0.1) is 11.3 Å². The highest BCUT2D eigenvalue weighted by molar-refractivity contribution is 7.14. The van der Waals surface area contributed by atoms with Crippen molar-refractivity contribution in [1.29, 1.82) is 0 Å². The van der Waals surface area contributed by atoms with E-state index in [9.17, 15) is 9.18 Å².